The lowest BCUT2D eigenvalue weighted by Crippen LogP contribution is -2.45. The molecule has 0 bridgehead atoms. The molecule has 1 fully saturated rings. The highest BCUT2D eigenvalue weighted by atomic mass is 16.5. The van der Waals surface area contributed by atoms with Gasteiger partial charge in [-0.2, -0.15) is 0 Å². The van der Waals surface area contributed by atoms with E-state index in [-0.39, 0.29) is 24.3 Å². The number of carbonyl (C=O) groups is 2. The maximum atomic E-state index is 13.4. The summed E-state index contributed by atoms with van der Waals surface area (Å²) in [6.45, 7) is 6.89. The van der Waals surface area contributed by atoms with E-state index in [1.165, 1.54) is 0 Å². The van der Waals surface area contributed by atoms with Crippen LogP contribution in [-0.2, 0) is 22.6 Å². The molecule has 1 aromatic carbocycles. The van der Waals surface area contributed by atoms with Crippen molar-refractivity contribution in [3.8, 4) is 11.5 Å². The predicted octanol–water partition coefficient (Wildman–Crippen LogP) is 4.38. The summed E-state index contributed by atoms with van der Waals surface area (Å²) >= 11 is 0. The van der Waals surface area contributed by atoms with Crippen LogP contribution in [0.1, 0.15) is 42.8 Å². The Labute approximate surface area is 202 Å². The molecule has 7 heteroatoms. The molecule has 184 valence electrons. The van der Waals surface area contributed by atoms with E-state index in [2.05, 4.69) is 6.58 Å². The summed E-state index contributed by atoms with van der Waals surface area (Å²) < 4.78 is 16.5. The number of rotatable bonds is 12. The number of amides is 2. The maximum Gasteiger partial charge on any atom is 0.242 e. The molecule has 7 nitrogen and oxygen atoms in total. The van der Waals surface area contributed by atoms with E-state index in [1.807, 2.05) is 37.3 Å². The first kappa shape index (κ1) is 25.4. The van der Waals surface area contributed by atoms with Crippen molar-refractivity contribution in [3.05, 3.63) is 60.1 Å². The quantitative estimate of drug-likeness (QED) is 0.432. The van der Waals surface area contributed by atoms with Crippen molar-refractivity contribution in [3.63, 3.8) is 0 Å². The molecule has 0 unspecified atom stereocenters. The Morgan fingerprint density at radius 1 is 1.09 bits per heavy atom. The third kappa shape index (κ3) is 6.65. The summed E-state index contributed by atoms with van der Waals surface area (Å²) in [5.74, 6) is 2.79. The highest BCUT2D eigenvalue weighted by Gasteiger charge is 2.29. The number of furan rings is 1. The summed E-state index contributed by atoms with van der Waals surface area (Å²) in [6, 6.07) is 9.53. The van der Waals surface area contributed by atoms with Crippen LogP contribution in [0.5, 0.6) is 11.5 Å². The Morgan fingerprint density at radius 2 is 1.82 bits per heavy atom. The smallest absolute Gasteiger partial charge is 0.242 e. The van der Waals surface area contributed by atoms with Crippen molar-refractivity contribution >= 4 is 11.8 Å². The SMILES string of the molecule is C=CCN(CC(=O)N(CCc1ccc(OC)c(OC)c1)Cc1ccc(C)o1)C(=O)C1CCCC1. The first-order chi connectivity index (χ1) is 16.4. The molecule has 0 spiro atoms. The monoisotopic (exact) mass is 468 g/mol. The van der Waals surface area contributed by atoms with Gasteiger partial charge in [0.1, 0.15) is 18.1 Å². The van der Waals surface area contributed by atoms with Gasteiger partial charge in [-0.1, -0.05) is 25.0 Å². The molecule has 3 rings (SSSR count). The van der Waals surface area contributed by atoms with Gasteiger partial charge in [0.25, 0.3) is 0 Å². The first-order valence-corrected chi connectivity index (χ1v) is 11.9. The van der Waals surface area contributed by atoms with E-state index in [4.69, 9.17) is 13.9 Å². The van der Waals surface area contributed by atoms with E-state index in [0.717, 1.165) is 42.8 Å². The Kier molecular flexibility index (Phi) is 9.19. The Hall–Kier alpha value is -3.22. The van der Waals surface area contributed by atoms with Crippen LogP contribution in [0.2, 0.25) is 0 Å². The minimum atomic E-state index is -0.109. The van der Waals surface area contributed by atoms with Gasteiger partial charge in [0.2, 0.25) is 11.8 Å². The van der Waals surface area contributed by atoms with Crippen LogP contribution < -0.4 is 9.47 Å². The normalized spacial score (nSPS) is 13.5. The lowest BCUT2D eigenvalue weighted by Gasteiger charge is -2.28. The van der Waals surface area contributed by atoms with E-state index < -0.39 is 0 Å². The second kappa shape index (κ2) is 12.3. The lowest BCUT2D eigenvalue weighted by molar-refractivity contribution is -0.142. The van der Waals surface area contributed by atoms with Gasteiger partial charge in [-0.25, -0.2) is 0 Å². The zero-order valence-electron chi connectivity index (χ0n) is 20.5. The van der Waals surface area contributed by atoms with Gasteiger partial charge in [0.15, 0.2) is 11.5 Å². The van der Waals surface area contributed by atoms with Crippen LogP contribution in [0.25, 0.3) is 0 Å². The molecule has 0 atom stereocenters. The molecule has 34 heavy (non-hydrogen) atoms. The zero-order chi connectivity index (χ0) is 24.5. The number of aryl methyl sites for hydroxylation is 1. The fourth-order valence-corrected chi connectivity index (χ4v) is 4.43. The fourth-order valence-electron chi connectivity index (χ4n) is 4.43. The Balaban J connectivity index is 1.73. The standard InChI is InChI=1S/C27H36N2O5/c1-5-15-29(27(31)22-8-6-7-9-22)19-26(30)28(18-23-12-10-20(2)34-23)16-14-21-11-13-24(32-3)25(17-21)33-4/h5,10-13,17,22H,1,6-9,14-16,18-19H2,2-4H3. The highest BCUT2D eigenvalue weighted by Crippen LogP contribution is 2.28. The van der Waals surface area contributed by atoms with Gasteiger partial charge >= 0.3 is 0 Å². The van der Waals surface area contributed by atoms with Gasteiger partial charge in [0.05, 0.1) is 20.8 Å². The van der Waals surface area contributed by atoms with Crippen LogP contribution in [-0.4, -0.2) is 55.5 Å². The number of carbonyl (C=O) groups excluding carboxylic acids is 2. The molecule has 1 aliphatic rings. The second-order valence-electron chi connectivity index (χ2n) is 8.76. The highest BCUT2D eigenvalue weighted by molar-refractivity contribution is 5.86. The Morgan fingerprint density at radius 3 is 2.44 bits per heavy atom. The average molecular weight is 469 g/mol. The molecule has 2 aromatic rings. The summed E-state index contributed by atoms with van der Waals surface area (Å²) in [5.41, 5.74) is 1.02. The molecule has 0 radical (unpaired) electrons. The van der Waals surface area contributed by atoms with Crippen LogP contribution in [0.15, 0.2) is 47.4 Å². The molecule has 1 saturated carbocycles. The summed E-state index contributed by atoms with van der Waals surface area (Å²) in [6.07, 6.45) is 6.25. The molecule has 2 amide bonds. The Bertz CT molecular complexity index is 977. The number of ether oxygens (including phenoxy) is 2. The molecule has 1 heterocycles. The van der Waals surface area contributed by atoms with Crippen LogP contribution in [0.3, 0.4) is 0 Å². The van der Waals surface area contributed by atoms with Gasteiger partial charge in [-0.3, -0.25) is 9.59 Å². The van der Waals surface area contributed by atoms with Crippen molar-refractivity contribution in [1.82, 2.24) is 9.80 Å². The number of hydrogen-bond donors (Lipinski definition) is 0. The minimum Gasteiger partial charge on any atom is -0.493 e. The van der Waals surface area contributed by atoms with Crippen molar-refractivity contribution in [2.45, 2.75) is 45.6 Å². The van der Waals surface area contributed by atoms with Crippen molar-refractivity contribution in [1.29, 1.82) is 0 Å². The van der Waals surface area contributed by atoms with E-state index in [1.54, 1.807) is 30.1 Å². The largest absolute Gasteiger partial charge is 0.493 e. The fraction of sp³-hybridized carbons (Fsp3) is 0.481. The summed E-state index contributed by atoms with van der Waals surface area (Å²) in [5, 5.41) is 0. The number of hydrogen-bond acceptors (Lipinski definition) is 5. The minimum absolute atomic E-state index is 0.0145. The van der Waals surface area contributed by atoms with Crippen LogP contribution in [0, 0.1) is 12.8 Å². The summed E-state index contributed by atoms with van der Waals surface area (Å²) in [7, 11) is 3.21. The number of nitrogens with zero attached hydrogens (tertiary/aromatic N) is 2. The first-order valence-electron chi connectivity index (χ1n) is 11.9. The summed E-state index contributed by atoms with van der Waals surface area (Å²) in [4.78, 5) is 29.8. The van der Waals surface area contributed by atoms with Crippen molar-refractivity contribution < 1.29 is 23.5 Å². The van der Waals surface area contributed by atoms with E-state index >= 15 is 0 Å². The maximum absolute atomic E-state index is 13.4. The number of methoxy groups -OCH3 is 2. The van der Waals surface area contributed by atoms with Crippen LogP contribution >= 0.6 is 0 Å². The molecule has 0 aliphatic heterocycles. The topological polar surface area (TPSA) is 72.2 Å². The lowest BCUT2D eigenvalue weighted by atomic mass is 10.1. The molecule has 0 saturated heterocycles. The van der Waals surface area contributed by atoms with Gasteiger partial charge < -0.3 is 23.7 Å². The molecule has 1 aromatic heterocycles. The third-order valence-electron chi connectivity index (χ3n) is 6.31. The van der Waals surface area contributed by atoms with Crippen molar-refractivity contribution in [2.75, 3.05) is 33.9 Å². The molecular formula is C27H36N2O5. The van der Waals surface area contributed by atoms with Gasteiger partial charge in [-0.15, -0.1) is 6.58 Å². The molecular weight excluding hydrogens is 432 g/mol. The van der Waals surface area contributed by atoms with E-state index in [9.17, 15) is 9.59 Å². The number of benzene rings is 1. The van der Waals surface area contributed by atoms with Gasteiger partial charge in [0, 0.05) is 19.0 Å². The molecule has 0 N–H and O–H groups in total. The predicted molar refractivity (Wildman–Crippen MR) is 131 cm³/mol. The molecule has 1 aliphatic carbocycles. The van der Waals surface area contributed by atoms with Crippen LogP contribution in [0.4, 0.5) is 0 Å². The second-order valence-corrected chi connectivity index (χ2v) is 8.76. The van der Waals surface area contributed by atoms with Crippen molar-refractivity contribution in [2.24, 2.45) is 5.92 Å². The average Bonchev–Trinajstić information content (AvgIpc) is 3.52. The zero-order valence-corrected chi connectivity index (χ0v) is 20.5. The van der Waals surface area contributed by atoms with E-state index in [0.29, 0.717) is 37.6 Å². The third-order valence-corrected chi connectivity index (χ3v) is 6.31. The van der Waals surface area contributed by atoms with Gasteiger partial charge in [-0.05, 0) is 56.0 Å².